The Balaban J connectivity index is 0.000000791. The van der Waals surface area contributed by atoms with Crippen LogP contribution in [0.5, 0.6) is 11.5 Å². The first-order valence-electron chi connectivity index (χ1n) is 4.22. The second kappa shape index (κ2) is 6.27. The first kappa shape index (κ1) is 12.8. The van der Waals surface area contributed by atoms with Gasteiger partial charge >= 0.3 is 0 Å². The van der Waals surface area contributed by atoms with E-state index in [0.717, 1.165) is 0 Å². The Labute approximate surface area is 88.3 Å². The molecule has 1 N–H and O–H groups in total. The summed E-state index contributed by atoms with van der Waals surface area (Å²) in [6.07, 6.45) is 0. The van der Waals surface area contributed by atoms with Crippen LogP contribution in [-0.4, -0.2) is 17.5 Å². The first-order valence-corrected chi connectivity index (χ1v) is 4.60. The Morgan fingerprint density at radius 1 is 1.43 bits per heavy atom. The fourth-order valence-corrected chi connectivity index (χ4v) is 0.917. The number of phenols is 1. The molecule has 0 atom stereocenters. The molecular weight excluding hydrogens is 204 g/mol. The molecule has 4 heteroatoms. The van der Waals surface area contributed by atoms with Crippen LogP contribution < -0.4 is 4.74 Å². The molecule has 1 aromatic rings. The van der Waals surface area contributed by atoms with Gasteiger partial charge in [-0.3, -0.25) is 4.79 Å². The molecule has 0 heterocycles. The van der Waals surface area contributed by atoms with Crippen molar-refractivity contribution < 1.29 is 14.6 Å². The number of rotatable bonds is 2. The molecule has 0 saturated heterocycles. The second-order valence-electron chi connectivity index (χ2n) is 2.16. The number of aromatic hydroxyl groups is 1. The molecule has 0 saturated carbocycles. The Morgan fingerprint density at radius 2 is 2.00 bits per heavy atom. The maximum atomic E-state index is 10.7. The summed E-state index contributed by atoms with van der Waals surface area (Å²) in [6.45, 7) is 4.00. The Morgan fingerprint density at radius 3 is 2.43 bits per heavy atom. The van der Waals surface area contributed by atoms with Crippen LogP contribution in [0, 0.1) is 0 Å². The van der Waals surface area contributed by atoms with Crippen LogP contribution in [-0.2, 0) is 0 Å². The average molecular weight is 217 g/mol. The number of benzene rings is 1. The van der Waals surface area contributed by atoms with Crippen molar-refractivity contribution >= 4 is 16.8 Å². The van der Waals surface area contributed by atoms with Gasteiger partial charge in [-0.1, -0.05) is 13.8 Å². The van der Waals surface area contributed by atoms with Gasteiger partial charge in [0.15, 0.2) is 11.5 Å². The van der Waals surface area contributed by atoms with E-state index in [1.807, 2.05) is 13.8 Å². The number of phenolic OH excluding ortho intramolecular Hbond substituents is 1. The first-order chi connectivity index (χ1) is 6.65. The minimum Gasteiger partial charge on any atom is -0.504 e. The Bertz CT molecular complexity index is 310. The SMILES string of the molecule is CC.COc1cc(C(=O)Cl)ccc1O. The van der Waals surface area contributed by atoms with E-state index in [1.165, 1.54) is 25.3 Å². The van der Waals surface area contributed by atoms with Crippen molar-refractivity contribution in [1.29, 1.82) is 0 Å². The zero-order chi connectivity index (χ0) is 11.1. The molecule has 1 rings (SSSR count). The van der Waals surface area contributed by atoms with Crippen molar-refractivity contribution in [3.05, 3.63) is 23.8 Å². The number of hydrogen-bond donors (Lipinski definition) is 1. The molecule has 0 fully saturated rings. The van der Waals surface area contributed by atoms with Gasteiger partial charge in [0.1, 0.15) is 0 Å². The Kier molecular flexibility index (Phi) is 5.72. The highest BCUT2D eigenvalue weighted by atomic mass is 35.5. The fourth-order valence-electron chi connectivity index (χ4n) is 0.800. The summed E-state index contributed by atoms with van der Waals surface area (Å²) in [4.78, 5) is 10.7. The van der Waals surface area contributed by atoms with Crippen molar-refractivity contribution in [3.8, 4) is 11.5 Å². The summed E-state index contributed by atoms with van der Waals surface area (Å²) < 4.78 is 4.77. The van der Waals surface area contributed by atoms with Gasteiger partial charge in [-0.15, -0.1) is 0 Å². The van der Waals surface area contributed by atoms with E-state index in [1.54, 1.807) is 0 Å². The summed E-state index contributed by atoms with van der Waals surface area (Å²) in [5.74, 6) is 0.223. The molecule has 0 aliphatic heterocycles. The predicted octanol–water partition coefficient (Wildman–Crippen LogP) is 2.81. The molecule has 0 radical (unpaired) electrons. The van der Waals surface area contributed by atoms with Gasteiger partial charge < -0.3 is 9.84 Å². The molecule has 0 unspecified atom stereocenters. The van der Waals surface area contributed by atoms with Crippen molar-refractivity contribution in [2.24, 2.45) is 0 Å². The molecule has 0 bridgehead atoms. The summed E-state index contributed by atoms with van der Waals surface area (Å²) in [5.41, 5.74) is 0.298. The number of carbonyl (C=O) groups excluding carboxylic acids is 1. The lowest BCUT2D eigenvalue weighted by Gasteiger charge is -2.02. The molecule has 0 aliphatic carbocycles. The highest BCUT2D eigenvalue weighted by molar-refractivity contribution is 6.67. The van der Waals surface area contributed by atoms with E-state index < -0.39 is 5.24 Å². The molecule has 0 aromatic heterocycles. The second-order valence-corrected chi connectivity index (χ2v) is 2.50. The van der Waals surface area contributed by atoms with Gasteiger partial charge in [-0.2, -0.15) is 0 Å². The maximum Gasteiger partial charge on any atom is 0.252 e. The fraction of sp³-hybridized carbons (Fsp3) is 0.300. The third-order valence-electron chi connectivity index (χ3n) is 1.41. The van der Waals surface area contributed by atoms with E-state index in [-0.39, 0.29) is 11.5 Å². The highest BCUT2D eigenvalue weighted by Crippen LogP contribution is 2.26. The minimum atomic E-state index is -0.576. The molecule has 78 valence electrons. The molecule has 3 nitrogen and oxygen atoms in total. The van der Waals surface area contributed by atoms with Crippen LogP contribution in [0.2, 0.25) is 0 Å². The van der Waals surface area contributed by atoms with Crippen molar-refractivity contribution in [1.82, 2.24) is 0 Å². The zero-order valence-corrected chi connectivity index (χ0v) is 9.13. The molecule has 14 heavy (non-hydrogen) atoms. The van der Waals surface area contributed by atoms with Crippen LogP contribution in [0.4, 0.5) is 0 Å². The van der Waals surface area contributed by atoms with Gasteiger partial charge in [-0.25, -0.2) is 0 Å². The predicted molar refractivity (Wildman–Crippen MR) is 56.2 cm³/mol. The third-order valence-corrected chi connectivity index (χ3v) is 1.62. The number of methoxy groups -OCH3 is 1. The van der Waals surface area contributed by atoms with E-state index in [9.17, 15) is 4.79 Å². The number of halogens is 1. The highest BCUT2D eigenvalue weighted by Gasteiger charge is 2.06. The quantitative estimate of drug-likeness (QED) is 0.774. The molecular formula is C10H13ClO3. The standard InChI is InChI=1S/C8H7ClO3.C2H6/c1-12-7-4-5(8(9)11)2-3-6(7)10;1-2/h2-4,10H,1H3;1-2H3. The van der Waals surface area contributed by atoms with Crippen LogP contribution >= 0.6 is 11.6 Å². The number of hydrogen-bond acceptors (Lipinski definition) is 3. The average Bonchev–Trinajstić information content (AvgIpc) is 2.21. The number of ether oxygens (including phenoxy) is 1. The van der Waals surface area contributed by atoms with Crippen LogP contribution in [0.15, 0.2) is 18.2 Å². The van der Waals surface area contributed by atoms with Crippen molar-refractivity contribution in [3.63, 3.8) is 0 Å². The van der Waals surface area contributed by atoms with Crippen LogP contribution in [0.3, 0.4) is 0 Å². The summed E-state index contributed by atoms with van der Waals surface area (Å²) >= 11 is 5.21. The summed E-state index contributed by atoms with van der Waals surface area (Å²) in [5, 5.41) is 8.56. The van der Waals surface area contributed by atoms with Gasteiger partial charge in [0.2, 0.25) is 0 Å². The van der Waals surface area contributed by atoms with Crippen LogP contribution in [0.1, 0.15) is 24.2 Å². The summed E-state index contributed by atoms with van der Waals surface area (Å²) in [7, 11) is 1.40. The van der Waals surface area contributed by atoms with E-state index >= 15 is 0 Å². The molecule has 0 amide bonds. The molecule has 1 aromatic carbocycles. The maximum absolute atomic E-state index is 10.7. The van der Waals surface area contributed by atoms with E-state index in [2.05, 4.69) is 0 Å². The molecule has 0 spiro atoms. The minimum absolute atomic E-state index is 0.0147. The van der Waals surface area contributed by atoms with Gasteiger partial charge in [0.25, 0.3) is 5.24 Å². The lowest BCUT2D eigenvalue weighted by atomic mass is 10.2. The van der Waals surface area contributed by atoms with Gasteiger partial charge in [-0.05, 0) is 29.8 Å². The lowest BCUT2D eigenvalue weighted by molar-refractivity contribution is 0.108. The topological polar surface area (TPSA) is 46.5 Å². The zero-order valence-electron chi connectivity index (χ0n) is 8.37. The Hall–Kier alpha value is -1.22. The smallest absolute Gasteiger partial charge is 0.252 e. The largest absolute Gasteiger partial charge is 0.504 e. The van der Waals surface area contributed by atoms with Gasteiger partial charge in [0, 0.05) is 5.56 Å². The van der Waals surface area contributed by atoms with E-state index in [4.69, 9.17) is 21.4 Å². The lowest BCUT2D eigenvalue weighted by Crippen LogP contribution is -1.90. The normalized spacial score (nSPS) is 8.57. The number of carbonyl (C=O) groups is 1. The van der Waals surface area contributed by atoms with Crippen LogP contribution in [0.25, 0.3) is 0 Å². The van der Waals surface area contributed by atoms with Gasteiger partial charge in [0.05, 0.1) is 7.11 Å². The summed E-state index contributed by atoms with van der Waals surface area (Å²) in [6, 6.07) is 4.16. The monoisotopic (exact) mass is 216 g/mol. The molecule has 0 aliphatic rings. The van der Waals surface area contributed by atoms with E-state index in [0.29, 0.717) is 5.56 Å². The third kappa shape index (κ3) is 3.26. The van der Waals surface area contributed by atoms with Crippen molar-refractivity contribution in [2.45, 2.75) is 13.8 Å². The van der Waals surface area contributed by atoms with Crippen molar-refractivity contribution in [2.75, 3.05) is 7.11 Å².